The average molecular weight is 152 g/mol. The third-order valence-corrected chi connectivity index (χ3v) is 1.90. The van der Waals surface area contributed by atoms with Gasteiger partial charge in [0.2, 0.25) is 0 Å². The monoisotopic (exact) mass is 152 g/mol. The number of rotatable bonds is 2. The maximum Gasteiger partial charge on any atom is 0.0962 e. The molecule has 1 radical (unpaired) electrons. The summed E-state index contributed by atoms with van der Waals surface area (Å²) in [7, 11) is 0. The van der Waals surface area contributed by atoms with E-state index < -0.39 is 0 Å². The van der Waals surface area contributed by atoms with E-state index in [0.29, 0.717) is 5.25 Å². The number of aromatic nitrogens is 1. The van der Waals surface area contributed by atoms with Crippen molar-refractivity contribution < 1.29 is 0 Å². The van der Waals surface area contributed by atoms with Crippen LogP contribution in [0.4, 0.5) is 0 Å². The highest BCUT2D eigenvalue weighted by Gasteiger charge is 1.96. The van der Waals surface area contributed by atoms with E-state index >= 15 is 0 Å². The summed E-state index contributed by atoms with van der Waals surface area (Å²) in [5.41, 5.74) is 0. The average Bonchev–Trinajstić information content (AvgIpc) is 1.88. The Hall–Kier alpha value is -0.500. The van der Waals surface area contributed by atoms with Crippen molar-refractivity contribution >= 4 is 11.8 Å². The molecule has 0 aromatic carbocycles. The number of nitrogens with zero attached hydrogens (tertiary/aromatic N) is 1. The third kappa shape index (κ3) is 2.40. The van der Waals surface area contributed by atoms with Crippen molar-refractivity contribution in [2.75, 3.05) is 0 Å². The first-order valence-electron chi connectivity index (χ1n) is 3.28. The molecule has 1 aromatic rings. The smallest absolute Gasteiger partial charge is 0.0962 e. The Kier molecular flexibility index (Phi) is 2.75. The highest BCUT2D eigenvalue weighted by molar-refractivity contribution is 7.99. The Morgan fingerprint density at radius 2 is 2.40 bits per heavy atom. The quantitative estimate of drug-likeness (QED) is 0.603. The summed E-state index contributed by atoms with van der Waals surface area (Å²) in [6.45, 7) is 4.31. The molecule has 1 nitrogen and oxygen atoms in total. The lowest BCUT2D eigenvalue weighted by atomic mass is 10.5. The van der Waals surface area contributed by atoms with Gasteiger partial charge in [-0.3, -0.25) is 0 Å². The Bertz CT molecular complexity index is 184. The fourth-order valence-electron chi connectivity index (χ4n) is 0.618. The van der Waals surface area contributed by atoms with E-state index in [4.69, 9.17) is 0 Å². The lowest BCUT2D eigenvalue weighted by Gasteiger charge is -2.01. The summed E-state index contributed by atoms with van der Waals surface area (Å²) in [6.07, 6.45) is 1.70. The summed E-state index contributed by atoms with van der Waals surface area (Å²) in [4.78, 5) is 4.13. The van der Waals surface area contributed by atoms with Crippen molar-refractivity contribution in [1.82, 2.24) is 4.98 Å². The van der Waals surface area contributed by atoms with E-state index in [1.54, 1.807) is 18.0 Å². The number of hydrogen-bond acceptors (Lipinski definition) is 2. The zero-order valence-corrected chi connectivity index (χ0v) is 6.98. The molecule has 0 aliphatic carbocycles. The first kappa shape index (κ1) is 7.61. The van der Waals surface area contributed by atoms with Crippen LogP contribution in [0.2, 0.25) is 0 Å². The van der Waals surface area contributed by atoms with Crippen molar-refractivity contribution in [3.05, 3.63) is 24.4 Å². The third-order valence-electron chi connectivity index (χ3n) is 0.945. The lowest BCUT2D eigenvalue weighted by Crippen LogP contribution is -1.87. The highest BCUT2D eigenvalue weighted by atomic mass is 32.2. The van der Waals surface area contributed by atoms with Gasteiger partial charge in [-0.1, -0.05) is 19.9 Å². The first-order chi connectivity index (χ1) is 4.79. The number of hydrogen-bond donors (Lipinski definition) is 0. The molecule has 1 rings (SSSR count). The van der Waals surface area contributed by atoms with E-state index in [1.165, 1.54) is 0 Å². The molecule has 10 heavy (non-hydrogen) atoms. The first-order valence-corrected chi connectivity index (χ1v) is 4.16. The van der Waals surface area contributed by atoms with Crippen LogP contribution in [0.15, 0.2) is 23.4 Å². The second-order valence-electron chi connectivity index (χ2n) is 2.26. The molecule has 0 unspecified atom stereocenters. The number of thioether (sulfide) groups is 1. The van der Waals surface area contributed by atoms with Gasteiger partial charge in [0, 0.05) is 17.5 Å². The molecule has 0 aliphatic rings. The van der Waals surface area contributed by atoms with Crippen LogP contribution in [0.1, 0.15) is 13.8 Å². The molecule has 53 valence electrons. The Labute approximate surface area is 65.9 Å². The molecular formula is C8H10NS. The normalized spacial score (nSPS) is 10.3. The number of pyridine rings is 1. The summed E-state index contributed by atoms with van der Waals surface area (Å²) >= 11 is 1.77. The Morgan fingerprint density at radius 3 is 2.90 bits per heavy atom. The second-order valence-corrected chi connectivity index (χ2v) is 3.86. The predicted octanol–water partition coefficient (Wildman–Crippen LogP) is 2.38. The molecule has 1 aromatic heterocycles. The van der Waals surface area contributed by atoms with Crippen LogP contribution < -0.4 is 0 Å². The molecule has 0 spiro atoms. The molecule has 0 saturated carbocycles. The molecule has 2 heteroatoms. The highest BCUT2D eigenvalue weighted by Crippen LogP contribution is 2.18. The van der Waals surface area contributed by atoms with Gasteiger partial charge in [-0.25, -0.2) is 4.98 Å². The zero-order chi connectivity index (χ0) is 7.40. The van der Waals surface area contributed by atoms with Crippen LogP contribution in [0.25, 0.3) is 0 Å². The molecule has 0 aliphatic heterocycles. The van der Waals surface area contributed by atoms with Gasteiger partial charge >= 0.3 is 0 Å². The zero-order valence-electron chi connectivity index (χ0n) is 6.16. The van der Waals surface area contributed by atoms with Gasteiger partial charge in [0.15, 0.2) is 0 Å². The van der Waals surface area contributed by atoms with Gasteiger partial charge in [-0.05, 0) is 6.07 Å². The molecule has 0 bridgehead atoms. The minimum Gasteiger partial charge on any atom is -0.249 e. The standard InChI is InChI=1S/C8H10NS/c1-7(2)10-8-5-3-4-6-9-8/h3,5-7H,1-2H3. The summed E-state index contributed by atoms with van der Waals surface area (Å²) < 4.78 is 0. The van der Waals surface area contributed by atoms with Crippen molar-refractivity contribution in [3.63, 3.8) is 0 Å². The molecule has 0 atom stereocenters. The predicted molar refractivity (Wildman–Crippen MR) is 44.1 cm³/mol. The van der Waals surface area contributed by atoms with Crippen LogP contribution in [0.3, 0.4) is 0 Å². The van der Waals surface area contributed by atoms with E-state index in [0.717, 1.165) is 5.03 Å². The van der Waals surface area contributed by atoms with Crippen molar-refractivity contribution in [3.8, 4) is 0 Å². The van der Waals surface area contributed by atoms with Crippen molar-refractivity contribution in [1.29, 1.82) is 0 Å². The summed E-state index contributed by atoms with van der Waals surface area (Å²) in [5.74, 6) is 0. The largest absolute Gasteiger partial charge is 0.249 e. The van der Waals surface area contributed by atoms with E-state index in [-0.39, 0.29) is 0 Å². The van der Waals surface area contributed by atoms with Crippen LogP contribution in [0.5, 0.6) is 0 Å². The minimum absolute atomic E-state index is 0.606. The maximum atomic E-state index is 4.13. The SMILES string of the molecule is CC(C)Sc1cc[c]cn1. The fraction of sp³-hybridized carbons (Fsp3) is 0.375. The van der Waals surface area contributed by atoms with Gasteiger partial charge < -0.3 is 0 Å². The van der Waals surface area contributed by atoms with Crippen molar-refractivity contribution in [2.24, 2.45) is 0 Å². The van der Waals surface area contributed by atoms with Gasteiger partial charge in [-0.15, -0.1) is 11.8 Å². The lowest BCUT2D eigenvalue weighted by molar-refractivity contribution is 1.07. The van der Waals surface area contributed by atoms with Gasteiger partial charge in [-0.2, -0.15) is 0 Å². The van der Waals surface area contributed by atoms with Crippen molar-refractivity contribution in [2.45, 2.75) is 24.1 Å². The van der Waals surface area contributed by atoms with E-state index in [1.807, 2.05) is 12.1 Å². The molecular weight excluding hydrogens is 142 g/mol. The van der Waals surface area contributed by atoms with Gasteiger partial charge in [0.05, 0.1) is 5.03 Å². The fourth-order valence-corrected chi connectivity index (χ4v) is 1.36. The van der Waals surface area contributed by atoms with Crippen LogP contribution in [-0.2, 0) is 0 Å². The van der Waals surface area contributed by atoms with Crippen LogP contribution >= 0.6 is 11.8 Å². The Balaban J connectivity index is 2.59. The molecule has 0 fully saturated rings. The minimum atomic E-state index is 0.606. The van der Waals surface area contributed by atoms with Crippen LogP contribution in [0, 0.1) is 6.07 Å². The molecule has 0 saturated heterocycles. The van der Waals surface area contributed by atoms with E-state index in [2.05, 4.69) is 24.9 Å². The van der Waals surface area contributed by atoms with E-state index in [9.17, 15) is 0 Å². The molecule has 1 heterocycles. The summed E-state index contributed by atoms with van der Waals surface area (Å²) in [6, 6.07) is 6.75. The molecule has 0 N–H and O–H groups in total. The summed E-state index contributed by atoms with van der Waals surface area (Å²) in [5, 5.41) is 1.68. The second kappa shape index (κ2) is 3.62. The van der Waals surface area contributed by atoms with Gasteiger partial charge in [0.1, 0.15) is 0 Å². The van der Waals surface area contributed by atoms with Crippen LogP contribution in [-0.4, -0.2) is 10.2 Å². The van der Waals surface area contributed by atoms with Gasteiger partial charge in [0.25, 0.3) is 0 Å². The maximum absolute atomic E-state index is 4.13. The Morgan fingerprint density at radius 1 is 1.60 bits per heavy atom. The topological polar surface area (TPSA) is 12.9 Å². The molecule has 0 amide bonds.